The quantitative estimate of drug-likeness (QED) is 0.406. The van der Waals surface area contributed by atoms with Crippen molar-refractivity contribution in [1.29, 1.82) is 0 Å². The lowest BCUT2D eigenvalue weighted by Crippen LogP contribution is -2.36. The third kappa shape index (κ3) is 5.92. The molecule has 0 radical (unpaired) electrons. The Morgan fingerprint density at radius 3 is 2.32 bits per heavy atom. The molecule has 0 aliphatic heterocycles. The highest BCUT2D eigenvalue weighted by atomic mass is 19.1. The number of nitrogens with one attached hydrogen (secondary N) is 2. The molecular formula is C25H30FN5O3. The standard InChI is InChI=1S/C25H30FN5O3/c1-15-7-8-18(11-23(15)26)24(32)29-25(27-10-9-22-16(2)30-31(4)17(22)3)28-19-12-20(33-5)14-21(13-19)34-6/h7-8,11-14H,9-10H2,1-6H3,(H2,27,28,29,32). The van der Waals surface area contributed by atoms with Gasteiger partial charge in [0.1, 0.15) is 17.3 Å². The van der Waals surface area contributed by atoms with E-state index in [0.717, 1.165) is 17.0 Å². The maximum atomic E-state index is 14.0. The first-order chi connectivity index (χ1) is 16.2. The van der Waals surface area contributed by atoms with Crippen LogP contribution in [0.1, 0.15) is 32.9 Å². The molecule has 0 unspecified atom stereocenters. The van der Waals surface area contributed by atoms with Crippen LogP contribution in [0, 0.1) is 26.6 Å². The Hall–Kier alpha value is -3.88. The summed E-state index contributed by atoms with van der Waals surface area (Å²) in [6.45, 7) is 6.01. The Balaban J connectivity index is 1.86. The molecule has 2 N–H and O–H groups in total. The van der Waals surface area contributed by atoms with E-state index in [4.69, 9.17) is 9.47 Å². The lowest BCUT2D eigenvalue weighted by molar-refractivity contribution is 0.0976. The van der Waals surface area contributed by atoms with Crippen molar-refractivity contribution in [2.24, 2.45) is 12.0 Å². The summed E-state index contributed by atoms with van der Waals surface area (Å²) in [6, 6.07) is 9.59. The fraction of sp³-hybridized carbons (Fsp3) is 0.320. The zero-order chi connectivity index (χ0) is 24.8. The van der Waals surface area contributed by atoms with Crippen LogP contribution in [0.3, 0.4) is 0 Å². The first-order valence-corrected chi connectivity index (χ1v) is 10.8. The van der Waals surface area contributed by atoms with Gasteiger partial charge in [0.2, 0.25) is 5.96 Å². The maximum Gasteiger partial charge on any atom is 0.258 e. The van der Waals surface area contributed by atoms with Crippen molar-refractivity contribution >= 4 is 17.6 Å². The summed E-state index contributed by atoms with van der Waals surface area (Å²) in [6.07, 6.45) is 0.646. The number of hydrogen-bond donors (Lipinski definition) is 2. The number of halogens is 1. The van der Waals surface area contributed by atoms with Crippen molar-refractivity contribution in [3.05, 3.63) is 70.3 Å². The lowest BCUT2D eigenvalue weighted by atomic mass is 10.1. The largest absolute Gasteiger partial charge is 0.497 e. The molecule has 2 aromatic carbocycles. The summed E-state index contributed by atoms with van der Waals surface area (Å²) in [4.78, 5) is 17.4. The van der Waals surface area contributed by atoms with Gasteiger partial charge in [0.25, 0.3) is 5.91 Å². The molecule has 0 saturated heterocycles. The van der Waals surface area contributed by atoms with Crippen molar-refractivity contribution in [2.75, 3.05) is 26.1 Å². The molecule has 0 spiro atoms. The number of carbonyl (C=O) groups excluding carboxylic acids is 1. The summed E-state index contributed by atoms with van der Waals surface area (Å²) in [5.74, 6) is 0.456. The molecule has 1 amide bonds. The number of aromatic nitrogens is 2. The summed E-state index contributed by atoms with van der Waals surface area (Å²) in [5.41, 5.74) is 4.40. The minimum Gasteiger partial charge on any atom is -0.497 e. The Kier molecular flexibility index (Phi) is 7.88. The van der Waals surface area contributed by atoms with E-state index in [1.54, 1.807) is 51.5 Å². The Labute approximate surface area is 198 Å². The van der Waals surface area contributed by atoms with Crippen molar-refractivity contribution in [3.63, 3.8) is 0 Å². The van der Waals surface area contributed by atoms with Gasteiger partial charge in [-0.3, -0.25) is 19.8 Å². The van der Waals surface area contributed by atoms with Gasteiger partial charge in [-0.1, -0.05) is 6.07 Å². The van der Waals surface area contributed by atoms with Crippen LogP contribution in [0.2, 0.25) is 0 Å². The molecule has 0 saturated carbocycles. The normalized spacial score (nSPS) is 11.3. The Morgan fingerprint density at radius 1 is 1.09 bits per heavy atom. The molecule has 0 atom stereocenters. The van der Waals surface area contributed by atoms with Crippen molar-refractivity contribution in [2.45, 2.75) is 27.2 Å². The highest BCUT2D eigenvalue weighted by Gasteiger charge is 2.13. The van der Waals surface area contributed by atoms with Crippen LogP contribution >= 0.6 is 0 Å². The van der Waals surface area contributed by atoms with Gasteiger partial charge in [-0.15, -0.1) is 0 Å². The van der Waals surface area contributed by atoms with Gasteiger partial charge in [0.15, 0.2) is 0 Å². The van der Waals surface area contributed by atoms with E-state index in [2.05, 4.69) is 20.7 Å². The van der Waals surface area contributed by atoms with Crippen molar-refractivity contribution in [1.82, 2.24) is 15.1 Å². The number of nitrogens with zero attached hydrogens (tertiary/aromatic N) is 3. The maximum absolute atomic E-state index is 14.0. The van der Waals surface area contributed by atoms with E-state index >= 15 is 0 Å². The Bertz CT molecular complexity index is 1200. The Morgan fingerprint density at radius 2 is 1.76 bits per heavy atom. The number of aryl methyl sites for hydroxylation is 3. The van der Waals surface area contributed by atoms with Gasteiger partial charge < -0.3 is 14.8 Å². The fourth-order valence-corrected chi connectivity index (χ4v) is 3.50. The topological polar surface area (TPSA) is 89.8 Å². The molecule has 0 aliphatic rings. The minimum absolute atomic E-state index is 0.194. The summed E-state index contributed by atoms with van der Waals surface area (Å²) in [7, 11) is 5.01. The second-order valence-corrected chi connectivity index (χ2v) is 7.90. The van der Waals surface area contributed by atoms with E-state index in [0.29, 0.717) is 35.7 Å². The average Bonchev–Trinajstić information content (AvgIpc) is 3.06. The predicted molar refractivity (Wildman–Crippen MR) is 130 cm³/mol. The predicted octanol–water partition coefficient (Wildman–Crippen LogP) is 3.94. The summed E-state index contributed by atoms with van der Waals surface area (Å²) in [5, 5.41) is 10.3. The zero-order valence-corrected chi connectivity index (χ0v) is 20.3. The molecule has 3 aromatic rings. The highest BCUT2D eigenvalue weighted by Crippen LogP contribution is 2.25. The SMILES string of the molecule is COc1cc(NC(=NCCc2c(C)nn(C)c2C)NC(=O)c2ccc(C)c(F)c2)cc(OC)c1. The number of methoxy groups -OCH3 is 2. The smallest absolute Gasteiger partial charge is 0.258 e. The second-order valence-electron chi connectivity index (χ2n) is 7.90. The number of anilines is 1. The van der Waals surface area contributed by atoms with Gasteiger partial charge in [-0.25, -0.2) is 4.39 Å². The van der Waals surface area contributed by atoms with Gasteiger partial charge in [-0.2, -0.15) is 5.10 Å². The molecule has 0 fully saturated rings. The molecule has 8 nitrogen and oxygen atoms in total. The second kappa shape index (κ2) is 10.8. The molecule has 0 bridgehead atoms. The number of hydrogen-bond acceptors (Lipinski definition) is 5. The third-order valence-corrected chi connectivity index (χ3v) is 5.57. The summed E-state index contributed by atoms with van der Waals surface area (Å²) < 4.78 is 26.5. The van der Waals surface area contributed by atoms with E-state index in [-0.39, 0.29) is 11.5 Å². The van der Waals surface area contributed by atoms with Crippen LogP contribution in [-0.4, -0.2) is 42.4 Å². The lowest BCUT2D eigenvalue weighted by Gasteiger charge is -2.14. The van der Waals surface area contributed by atoms with Crippen molar-refractivity contribution < 1.29 is 18.7 Å². The first-order valence-electron chi connectivity index (χ1n) is 10.8. The number of rotatable bonds is 7. The average molecular weight is 468 g/mol. The number of amides is 1. The number of carbonyl (C=O) groups is 1. The molecule has 1 aromatic heterocycles. The van der Waals surface area contributed by atoms with E-state index in [1.165, 1.54) is 6.07 Å². The van der Waals surface area contributed by atoms with Gasteiger partial charge in [-0.05, 0) is 50.5 Å². The zero-order valence-electron chi connectivity index (χ0n) is 20.3. The third-order valence-electron chi connectivity index (χ3n) is 5.57. The first kappa shape index (κ1) is 24.8. The number of ether oxygens (including phenoxy) is 2. The molecule has 9 heteroatoms. The van der Waals surface area contributed by atoms with E-state index in [1.807, 2.05) is 25.6 Å². The van der Waals surface area contributed by atoms with Crippen LogP contribution < -0.4 is 20.1 Å². The number of benzene rings is 2. The van der Waals surface area contributed by atoms with Gasteiger partial charge in [0, 0.05) is 48.7 Å². The van der Waals surface area contributed by atoms with Crippen LogP contribution in [0.5, 0.6) is 11.5 Å². The molecular weight excluding hydrogens is 437 g/mol. The monoisotopic (exact) mass is 467 g/mol. The van der Waals surface area contributed by atoms with Crippen LogP contribution in [0.15, 0.2) is 41.4 Å². The summed E-state index contributed by atoms with van der Waals surface area (Å²) >= 11 is 0. The number of guanidine groups is 1. The van der Waals surface area contributed by atoms with Gasteiger partial charge in [0.05, 0.1) is 19.9 Å². The van der Waals surface area contributed by atoms with E-state index < -0.39 is 11.7 Å². The highest BCUT2D eigenvalue weighted by molar-refractivity contribution is 6.10. The molecule has 1 heterocycles. The molecule has 3 rings (SSSR count). The van der Waals surface area contributed by atoms with Gasteiger partial charge >= 0.3 is 0 Å². The van der Waals surface area contributed by atoms with Crippen LogP contribution in [0.4, 0.5) is 10.1 Å². The van der Waals surface area contributed by atoms with Crippen LogP contribution in [-0.2, 0) is 13.5 Å². The fourth-order valence-electron chi connectivity index (χ4n) is 3.50. The molecule has 180 valence electrons. The van der Waals surface area contributed by atoms with Crippen molar-refractivity contribution in [3.8, 4) is 11.5 Å². The van der Waals surface area contributed by atoms with Crippen LogP contribution in [0.25, 0.3) is 0 Å². The minimum atomic E-state index is -0.478. The molecule has 0 aliphatic carbocycles. The van der Waals surface area contributed by atoms with E-state index in [9.17, 15) is 9.18 Å². The number of aliphatic imine (C=N–C) groups is 1. The molecule has 34 heavy (non-hydrogen) atoms.